The van der Waals surface area contributed by atoms with Gasteiger partial charge in [0.1, 0.15) is 0 Å². The van der Waals surface area contributed by atoms with E-state index in [2.05, 4.69) is 4.98 Å². The zero-order valence-corrected chi connectivity index (χ0v) is 15.5. The van der Waals surface area contributed by atoms with Gasteiger partial charge in [-0.2, -0.15) is 0 Å². The summed E-state index contributed by atoms with van der Waals surface area (Å²) < 4.78 is 1.57. The minimum Gasteiger partial charge on any atom is -0.341 e. The summed E-state index contributed by atoms with van der Waals surface area (Å²) in [6, 6.07) is 7.40. The van der Waals surface area contributed by atoms with E-state index in [0.29, 0.717) is 43.4 Å². The third-order valence-electron chi connectivity index (χ3n) is 5.84. The van der Waals surface area contributed by atoms with Crippen LogP contribution in [0.5, 0.6) is 0 Å². The van der Waals surface area contributed by atoms with Gasteiger partial charge >= 0.3 is 0 Å². The van der Waals surface area contributed by atoms with E-state index in [1.165, 1.54) is 0 Å². The molecule has 0 radical (unpaired) electrons. The first-order valence-electron chi connectivity index (χ1n) is 9.53. The van der Waals surface area contributed by atoms with Gasteiger partial charge in [-0.25, -0.2) is 4.98 Å². The molecule has 3 saturated heterocycles. The number of fused-ring (bicyclic) bond motifs is 5. The van der Waals surface area contributed by atoms with Crippen molar-refractivity contribution in [2.75, 3.05) is 20.1 Å². The Labute approximate surface area is 157 Å². The highest BCUT2D eigenvalue weighted by Crippen LogP contribution is 2.28. The van der Waals surface area contributed by atoms with Crippen molar-refractivity contribution < 1.29 is 9.59 Å². The van der Waals surface area contributed by atoms with Crippen LogP contribution in [0.25, 0.3) is 10.9 Å². The van der Waals surface area contributed by atoms with E-state index in [0.717, 1.165) is 12.8 Å². The van der Waals surface area contributed by atoms with Crippen molar-refractivity contribution in [2.45, 2.75) is 38.3 Å². The summed E-state index contributed by atoms with van der Waals surface area (Å²) in [4.78, 5) is 45.4. The Hall–Kier alpha value is -2.70. The highest BCUT2D eigenvalue weighted by Gasteiger charge is 2.39. The third-order valence-corrected chi connectivity index (χ3v) is 5.84. The second-order valence-corrected chi connectivity index (χ2v) is 7.54. The second kappa shape index (κ2) is 7.13. The van der Waals surface area contributed by atoms with Crippen LogP contribution in [0.1, 0.15) is 25.7 Å². The average Bonchev–Trinajstić information content (AvgIpc) is 2.97. The molecule has 2 amide bonds. The molecule has 0 spiro atoms. The maximum absolute atomic E-state index is 12.7. The number of hydrogen-bond donors (Lipinski definition) is 0. The molecule has 0 unspecified atom stereocenters. The number of likely N-dealkylation sites (N-methyl/N-ethyl adjacent to an activating group) is 1. The molecule has 1 aromatic carbocycles. The average molecular weight is 368 g/mol. The van der Waals surface area contributed by atoms with Crippen LogP contribution < -0.4 is 5.56 Å². The summed E-state index contributed by atoms with van der Waals surface area (Å²) in [6.45, 7) is 1.60. The number of hydrogen-bond acceptors (Lipinski definition) is 4. The number of piperidine rings is 1. The number of aryl methyl sites for hydroxylation is 1. The summed E-state index contributed by atoms with van der Waals surface area (Å²) in [6.07, 6.45) is 4.34. The molecule has 3 aliphatic heterocycles. The Morgan fingerprint density at radius 3 is 2.85 bits per heavy atom. The van der Waals surface area contributed by atoms with Crippen LogP contribution in [-0.4, -0.2) is 57.3 Å². The standard InChI is InChI=1S/C20H24N4O3/c1-22-15-9-8-14(19(22)26)11-24(12-15)18(25)7-4-10-23-13-21-17-6-3-2-5-16(17)20(23)27/h2-3,5-6,13-15H,4,7-12H2,1H3/t14-,15+/m1/s1. The van der Waals surface area contributed by atoms with Gasteiger partial charge < -0.3 is 9.80 Å². The first-order chi connectivity index (χ1) is 13.0. The number of rotatable bonds is 4. The fourth-order valence-electron chi connectivity index (χ4n) is 4.18. The summed E-state index contributed by atoms with van der Waals surface area (Å²) in [5, 5.41) is 0.594. The van der Waals surface area contributed by atoms with Crippen LogP contribution in [0.4, 0.5) is 0 Å². The fourth-order valence-corrected chi connectivity index (χ4v) is 4.18. The van der Waals surface area contributed by atoms with Gasteiger partial charge in [0.25, 0.3) is 5.56 Å². The quantitative estimate of drug-likeness (QED) is 0.814. The van der Waals surface area contributed by atoms with Crippen molar-refractivity contribution in [1.29, 1.82) is 0 Å². The molecule has 0 N–H and O–H groups in total. The molecule has 2 bridgehead atoms. The third kappa shape index (κ3) is 3.34. The first kappa shape index (κ1) is 17.7. The van der Waals surface area contributed by atoms with Crippen molar-refractivity contribution in [3.05, 3.63) is 40.9 Å². The number of benzene rings is 1. The van der Waals surface area contributed by atoms with Crippen LogP contribution in [-0.2, 0) is 16.1 Å². The van der Waals surface area contributed by atoms with E-state index >= 15 is 0 Å². The summed E-state index contributed by atoms with van der Waals surface area (Å²) >= 11 is 0. The van der Waals surface area contributed by atoms with Crippen LogP contribution in [0.15, 0.2) is 35.4 Å². The van der Waals surface area contributed by atoms with Crippen LogP contribution in [0.3, 0.4) is 0 Å². The topological polar surface area (TPSA) is 75.5 Å². The normalized spacial score (nSPS) is 22.3. The van der Waals surface area contributed by atoms with Gasteiger partial charge in [-0.05, 0) is 31.4 Å². The molecule has 4 heterocycles. The lowest BCUT2D eigenvalue weighted by atomic mass is 9.95. The fraction of sp³-hybridized carbons (Fsp3) is 0.500. The van der Waals surface area contributed by atoms with Crippen LogP contribution >= 0.6 is 0 Å². The van der Waals surface area contributed by atoms with E-state index in [9.17, 15) is 14.4 Å². The van der Waals surface area contributed by atoms with Gasteiger partial charge in [0, 0.05) is 39.1 Å². The van der Waals surface area contributed by atoms with E-state index in [1.807, 2.05) is 35.0 Å². The number of carbonyl (C=O) groups excluding carboxylic acids is 2. The van der Waals surface area contributed by atoms with Gasteiger partial charge in [0.15, 0.2) is 0 Å². The Bertz CT molecular complexity index is 938. The lowest BCUT2D eigenvalue weighted by molar-refractivity contribution is -0.138. The highest BCUT2D eigenvalue weighted by molar-refractivity contribution is 5.83. The number of nitrogens with zero attached hydrogens (tertiary/aromatic N) is 4. The number of amides is 2. The molecule has 7 heteroatoms. The van der Waals surface area contributed by atoms with Gasteiger partial charge in [-0.1, -0.05) is 12.1 Å². The van der Waals surface area contributed by atoms with Gasteiger partial charge in [0.05, 0.1) is 23.1 Å². The predicted octanol–water partition coefficient (Wildman–Crippen LogP) is 1.26. The number of para-hydroxylation sites is 1. The van der Waals surface area contributed by atoms with Gasteiger partial charge in [-0.3, -0.25) is 19.0 Å². The van der Waals surface area contributed by atoms with Crippen molar-refractivity contribution >= 4 is 22.7 Å². The predicted molar refractivity (Wildman–Crippen MR) is 101 cm³/mol. The van der Waals surface area contributed by atoms with Gasteiger partial charge in [-0.15, -0.1) is 0 Å². The lowest BCUT2D eigenvalue weighted by Gasteiger charge is -2.32. The molecular formula is C20H24N4O3. The second-order valence-electron chi connectivity index (χ2n) is 7.54. The Morgan fingerprint density at radius 1 is 1.19 bits per heavy atom. The summed E-state index contributed by atoms with van der Waals surface area (Å²) in [5.74, 6) is 0.164. The summed E-state index contributed by atoms with van der Waals surface area (Å²) in [5.41, 5.74) is 0.608. The molecule has 2 atom stereocenters. The smallest absolute Gasteiger partial charge is 0.261 e. The van der Waals surface area contributed by atoms with E-state index < -0.39 is 0 Å². The summed E-state index contributed by atoms with van der Waals surface area (Å²) in [7, 11) is 1.84. The maximum atomic E-state index is 12.7. The van der Waals surface area contributed by atoms with Crippen molar-refractivity contribution in [2.24, 2.45) is 5.92 Å². The molecular weight excluding hydrogens is 344 g/mol. The molecule has 1 aromatic heterocycles. The zero-order valence-electron chi connectivity index (χ0n) is 15.5. The maximum Gasteiger partial charge on any atom is 0.261 e. The van der Waals surface area contributed by atoms with Crippen LogP contribution in [0.2, 0.25) is 0 Å². The molecule has 142 valence electrons. The van der Waals surface area contributed by atoms with E-state index in [4.69, 9.17) is 0 Å². The molecule has 3 fully saturated rings. The zero-order chi connectivity index (χ0) is 19.0. The molecule has 5 rings (SSSR count). The minimum absolute atomic E-state index is 0.0648. The molecule has 3 aliphatic rings. The lowest BCUT2D eigenvalue weighted by Crippen LogP contribution is -2.45. The number of aromatic nitrogens is 2. The molecule has 0 saturated carbocycles. The van der Waals surface area contributed by atoms with Crippen molar-refractivity contribution in [3.8, 4) is 0 Å². The Kier molecular flexibility index (Phi) is 4.68. The SMILES string of the molecule is CN1C(=O)[C@@H]2CC[C@H]1CN(C(=O)CCCn1cnc3ccccc3c1=O)C2. The highest BCUT2D eigenvalue weighted by atomic mass is 16.2. The molecule has 27 heavy (non-hydrogen) atoms. The van der Waals surface area contributed by atoms with E-state index in [1.54, 1.807) is 17.0 Å². The van der Waals surface area contributed by atoms with Gasteiger partial charge in [0.2, 0.25) is 11.8 Å². The van der Waals surface area contributed by atoms with E-state index in [-0.39, 0.29) is 29.3 Å². The van der Waals surface area contributed by atoms with Crippen molar-refractivity contribution in [1.82, 2.24) is 19.4 Å². The molecule has 7 nitrogen and oxygen atoms in total. The molecule has 0 aliphatic carbocycles. The largest absolute Gasteiger partial charge is 0.341 e. The number of carbonyl (C=O) groups is 2. The minimum atomic E-state index is -0.0758. The van der Waals surface area contributed by atoms with Crippen molar-refractivity contribution in [3.63, 3.8) is 0 Å². The Morgan fingerprint density at radius 2 is 2.00 bits per heavy atom. The monoisotopic (exact) mass is 368 g/mol. The first-order valence-corrected chi connectivity index (χ1v) is 9.53. The molecule has 2 aromatic rings. The Balaban J connectivity index is 1.38. The van der Waals surface area contributed by atoms with Crippen LogP contribution in [0, 0.1) is 5.92 Å².